The number of carbonyl (C=O) groups excluding carboxylic acids is 1. The van der Waals surface area contributed by atoms with Crippen molar-refractivity contribution in [1.29, 1.82) is 0 Å². The maximum Gasteiger partial charge on any atom is 0.336 e. The van der Waals surface area contributed by atoms with E-state index < -0.39 is 17.9 Å². The van der Waals surface area contributed by atoms with E-state index in [0.717, 1.165) is 7.11 Å². The van der Waals surface area contributed by atoms with Crippen LogP contribution >= 0.6 is 15.9 Å². The number of benzene rings is 1. The second-order valence-corrected chi connectivity index (χ2v) is 4.00. The van der Waals surface area contributed by atoms with Crippen molar-refractivity contribution in [2.75, 3.05) is 7.11 Å². The quantitative estimate of drug-likeness (QED) is 0.686. The van der Waals surface area contributed by atoms with Crippen LogP contribution in [0.4, 0.5) is 4.39 Å². The van der Waals surface area contributed by atoms with E-state index in [-0.39, 0.29) is 11.1 Å². The first-order valence-corrected chi connectivity index (χ1v) is 5.16. The van der Waals surface area contributed by atoms with E-state index in [1.807, 2.05) is 0 Å². The molecule has 1 unspecified atom stereocenters. The van der Waals surface area contributed by atoms with Gasteiger partial charge in [-0.3, -0.25) is 0 Å². The van der Waals surface area contributed by atoms with Crippen LogP contribution in [0.1, 0.15) is 11.7 Å². The Kier molecular flexibility index (Phi) is 4.20. The van der Waals surface area contributed by atoms with Crippen LogP contribution in [0.2, 0.25) is 0 Å². The summed E-state index contributed by atoms with van der Waals surface area (Å²) in [6, 6.07) is 4.06. The molecule has 0 fully saturated rings. The van der Waals surface area contributed by atoms with Crippen molar-refractivity contribution in [3.63, 3.8) is 0 Å². The van der Waals surface area contributed by atoms with Crippen molar-refractivity contribution in [2.45, 2.75) is 6.10 Å². The fourth-order valence-corrected chi connectivity index (χ4v) is 1.53. The Morgan fingerprint density at radius 1 is 1.62 bits per heavy atom. The Balaban J connectivity index is 3.04. The van der Waals surface area contributed by atoms with E-state index in [9.17, 15) is 14.3 Å². The van der Waals surface area contributed by atoms with Gasteiger partial charge in [-0.25, -0.2) is 9.18 Å². The van der Waals surface area contributed by atoms with Gasteiger partial charge in [-0.05, 0) is 18.2 Å². The third kappa shape index (κ3) is 2.68. The molecule has 1 N–H and O–H groups in total. The molecule has 1 aromatic carbocycles. The Hall–Kier alpha value is -1.20. The number of methoxy groups -OCH3 is 1. The highest BCUT2D eigenvalue weighted by molar-refractivity contribution is 9.10. The molecule has 1 rings (SSSR count). The van der Waals surface area contributed by atoms with Crippen molar-refractivity contribution in [3.8, 4) is 0 Å². The lowest BCUT2D eigenvalue weighted by Gasteiger charge is -2.13. The Labute approximate surface area is 101 Å². The standard InChI is InChI=1S/C11H10BrFO3/c1-6(11(15)16-2)10(14)8-5-7(12)3-4-9(8)13/h3-5,10,14H,1H2,2H3. The van der Waals surface area contributed by atoms with Gasteiger partial charge in [0.1, 0.15) is 11.9 Å². The SMILES string of the molecule is C=C(C(=O)OC)C(O)c1cc(Br)ccc1F. The number of rotatable bonds is 3. The van der Waals surface area contributed by atoms with Crippen LogP contribution in [0.25, 0.3) is 0 Å². The van der Waals surface area contributed by atoms with Crippen LogP contribution in [-0.4, -0.2) is 18.2 Å². The predicted octanol–water partition coefficient (Wildman–Crippen LogP) is 2.35. The van der Waals surface area contributed by atoms with E-state index in [2.05, 4.69) is 27.2 Å². The summed E-state index contributed by atoms with van der Waals surface area (Å²) in [7, 11) is 1.16. The number of hydrogen-bond donors (Lipinski definition) is 1. The average Bonchev–Trinajstić information content (AvgIpc) is 2.29. The molecule has 0 saturated heterocycles. The Morgan fingerprint density at radius 2 is 2.25 bits per heavy atom. The van der Waals surface area contributed by atoms with Gasteiger partial charge in [-0.15, -0.1) is 0 Å². The highest BCUT2D eigenvalue weighted by atomic mass is 79.9. The summed E-state index contributed by atoms with van der Waals surface area (Å²) in [5.74, 6) is -1.38. The summed E-state index contributed by atoms with van der Waals surface area (Å²) >= 11 is 3.14. The average molecular weight is 289 g/mol. The zero-order valence-corrected chi connectivity index (χ0v) is 10.1. The highest BCUT2D eigenvalue weighted by Gasteiger charge is 2.21. The molecule has 5 heteroatoms. The van der Waals surface area contributed by atoms with E-state index in [4.69, 9.17) is 0 Å². The van der Waals surface area contributed by atoms with Gasteiger partial charge in [0, 0.05) is 10.0 Å². The molecular formula is C11H10BrFO3. The van der Waals surface area contributed by atoms with Crippen molar-refractivity contribution in [3.05, 3.63) is 46.2 Å². The second-order valence-electron chi connectivity index (χ2n) is 3.09. The zero-order chi connectivity index (χ0) is 12.3. The lowest BCUT2D eigenvalue weighted by Crippen LogP contribution is -2.13. The van der Waals surface area contributed by atoms with Crippen molar-refractivity contribution in [1.82, 2.24) is 0 Å². The third-order valence-electron chi connectivity index (χ3n) is 2.03. The first-order chi connectivity index (χ1) is 7.47. The van der Waals surface area contributed by atoms with Crippen LogP contribution in [0, 0.1) is 5.82 Å². The maximum absolute atomic E-state index is 13.4. The minimum absolute atomic E-state index is 0.0234. The number of aliphatic hydroxyl groups excluding tert-OH is 1. The van der Waals surface area contributed by atoms with Gasteiger partial charge >= 0.3 is 5.97 Å². The summed E-state index contributed by atoms with van der Waals surface area (Å²) in [6.07, 6.45) is -1.41. The lowest BCUT2D eigenvalue weighted by atomic mass is 10.0. The summed E-state index contributed by atoms with van der Waals surface area (Å²) in [5, 5.41) is 9.73. The first-order valence-electron chi connectivity index (χ1n) is 4.37. The minimum atomic E-state index is -1.41. The molecule has 0 aromatic heterocycles. The number of hydrogen-bond acceptors (Lipinski definition) is 3. The fraction of sp³-hybridized carbons (Fsp3) is 0.182. The summed E-state index contributed by atoms with van der Waals surface area (Å²) in [5.41, 5.74) is -0.232. The van der Waals surface area contributed by atoms with Crippen LogP contribution in [0.15, 0.2) is 34.8 Å². The Morgan fingerprint density at radius 3 is 2.81 bits per heavy atom. The van der Waals surface area contributed by atoms with Gasteiger partial charge in [0.2, 0.25) is 0 Å². The number of ether oxygens (including phenoxy) is 1. The first kappa shape index (κ1) is 12.9. The summed E-state index contributed by atoms with van der Waals surface area (Å²) in [6.45, 7) is 3.37. The second kappa shape index (κ2) is 5.23. The number of halogens is 2. The molecule has 0 aliphatic heterocycles. The molecule has 16 heavy (non-hydrogen) atoms. The zero-order valence-electron chi connectivity index (χ0n) is 8.54. The molecule has 0 saturated carbocycles. The highest BCUT2D eigenvalue weighted by Crippen LogP contribution is 2.26. The molecule has 1 atom stereocenters. The van der Waals surface area contributed by atoms with Gasteiger partial charge in [-0.2, -0.15) is 0 Å². The Bertz CT molecular complexity index is 431. The fourth-order valence-electron chi connectivity index (χ4n) is 1.15. The van der Waals surface area contributed by atoms with E-state index in [0.29, 0.717) is 4.47 Å². The largest absolute Gasteiger partial charge is 0.466 e. The molecule has 86 valence electrons. The number of carbonyl (C=O) groups is 1. The van der Waals surface area contributed by atoms with E-state index in [1.54, 1.807) is 0 Å². The van der Waals surface area contributed by atoms with Crippen LogP contribution in [-0.2, 0) is 9.53 Å². The predicted molar refractivity (Wildman–Crippen MR) is 60.2 cm³/mol. The van der Waals surface area contributed by atoms with Gasteiger partial charge in [-0.1, -0.05) is 22.5 Å². The van der Waals surface area contributed by atoms with E-state index >= 15 is 0 Å². The number of esters is 1. The molecule has 0 spiro atoms. The topological polar surface area (TPSA) is 46.5 Å². The monoisotopic (exact) mass is 288 g/mol. The van der Waals surface area contributed by atoms with Crippen LogP contribution in [0.5, 0.6) is 0 Å². The van der Waals surface area contributed by atoms with Crippen molar-refractivity contribution in [2.24, 2.45) is 0 Å². The van der Waals surface area contributed by atoms with Crippen LogP contribution in [0.3, 0.4) is 0 Å². The molecule has 0 bridgehead atoms. The van der Waals surface area contributed by atoms with Crippen LogP contribution < -0.4 is 0 Å². The molecule has 3 nitrogen and oxygen atoms in total. The molecule has 0 heterocycles. The third-order valence-corrected chi connectivity index (χ3v) is 2.52. The minimum Gasteiger partial charge on any atom is -0.466 e. The summed E-state index contributed by atoms with van der Waals surface area (Å²) < 4.78 is 18.4. The van der Waals surface area contributed by atoms with Crippen molar-refractivity contribution < 1.29 is 19.0 Å². The normalized spacial score (nSPS) is 12.0. The van der Waals surface area contributed by atoms with E-state index in [1.165, 1.54) is 18.2 Å². The summed E-state index contributed by atoms with van der Waals surface area (Å²) in [4.78, 5) is 11.1. The van der Waals surface area contributed by atoms with Crippen molar-refractivity contribution >= 4 is 21.9 Å². The molecule has 0 amide bonds. The maximum atomic E-state index is 13.4. The number of aliphatic hydroxyl groups is 1. The van der Waals surface area contributed by atoms with Gasteiger partial charge < -0.3 is 9.84 Å². The molecule has 0 radical (unpaired) electrons. The molecular weight excluding hydrogens is 279 g/mol. The lowest BCUT2D eigenvalue weighted by molar-refractivity contribution is -0.137. The molecule has 0 aliphatic rings. The van der Waals surface area contributed by atoms with Gasteiger partial charge in [0.15, 0.2) is 0 Å². The molecule has 0 aliphatic carbocycles. The molecule has 1 aromatic rings. The van der Waals surface area contributed by atoms with Gasteiger partial charge in [0.05, 0.1) is 12.7 Å². The smallest absolute Gasteiger partial charge is 0.336 e. The van der Waals surface area contributed by atoms with Gasteiger partial charge in [0.25, 0.3) is 0 Å².